The van der Waals surface area contributed by atoms with Crippen LogP contribution in [0, 0.1) is 13.8 Å². The Morgan fingerprint density at radius 1 is 1.27 bits per heavy atom. The molecular weight excluding hydrogens is 338 g/mol. The number of nitrogens with one attached hydrogen (secondary N) is 1. The highest BCUT2D eigenvalue weighted by Crippen LogP contribution is 2.18. The van der Waals surface area contributed by atoms with Gasteiger partial charge < -0.3 is 15.2 Å². The summed E-state index contributed by atoms with van der Waals surface area (Å²) in [7, 11) is 1.50. The maximum absolute atomic E-state index is 12.6. The van der Waals surface area contributed by atoms with Crippen molar-refractivity contribution in [3.05, 3.63) is 57.0 Å². The summed E-state index contributed by atoms with van der Waals surface area (Å²) >= 11 is 0. The third-order valence-electron chi connectivity index (χ3n) is 4.04. The number of benzene rings is 1. The quantitative estimate of drug-likeness (QED) is 0.805. The minimum atomic E-state index is -1.06. The lowest BCUT2D eigenvalue weighted by molar-refractivity contribution is -0.139. The van der Waals surface area contributed by atoms with Crippen LogP contribution in [0.15, 0.2) is 29.1 Å². The predicted octanol–water partition coefficient (Wildman–Crippen LogP) is 1.35. The van der Waals surface area contributed by atoms with Gasteiger partial charge in [0.25, 0.3) is 11.5 Å². The average molecular weight is 359 g/mol. The van der Waals surface area contributed by atoms with Gasteiger partial charge in [0.15, 0.2) is 6.61 Å². The Labute approximate surface area is 150 Å². The number of aromatic nitrogens is 2. The lowest BCUT2D eigenvalue weighted by Gasteiger charge is -2.16. The van der Waals surface area contributed by atoms with Crippen LogP contribution in [0.4, 0.5) is 0 Å². The SMILES string of the molecule is Cc1nn(C)c(=O)c(C(=O)NC(C)c2ccc(OCC(=O)O)cc2)c1C. The van der Waals surface area contributed by atoms with E-state index in [4.69, 9.17) is 9.84 Å². The van der Waals surface area contributed by atoms with Crippen LogP contribution in [0.2, 0.25) is 0 Å². The van der Waals surface area contributed by atoms with Crippen LogP contribution < -0.4 is 15.6 Å². The summed E-state index contributed by atoms with van der Waals surface area (Å²) in [5, 5.41) is 15.5. The van der Waals surface area contributed by atoms with E-state index in [0.29, 0.717) is 17.0 Å². The molecule has 0 spiro atoms. The predicted molar refractivity (Wildman–Crippen MR) is 94.4 cm³/mol. The molecule has 0 fully saturated rings. The maximum atomic E-state index is 12.6. The van der Waals surface area contributed by atoms with Gasteiger partial charge in [-0.25, -0.2) is 9.48 Å². The zero-order valence-corrected chi connectivity index (χ0v) is 15.1. The molecule has 1 heterocycles. The zero-order valence-electron chi connectivity index (χ0n) is 15.1. The Morgan fingerprint density at radius 3 is 2.46 bits per heavy atom. The second-order valence-corrected chi connectivity index (χ2v) is 5.96. The first-order valence-electron chi connectivity index (χ1n) is 8.00. The van der Waals surface area contributed by atoms with Crippen molar-refractivity contribution in [2.45, 2.75) is 26.8 Å². The van der Waals surface area contributed by atoms with Gasteiger partial charge >= 0.3 is 5.97 Å². The van der Waals surface area contributed by atoms with E-state index in [1.54, 1.807) is 45.0 Å². The number of hydrogen-bond donors (Lipinski definition) is 2. The molecule has 0 aliphatic rings. The molecular formula is C18H21N3O5. The smallest absolute Gasteiger partial charge is 0.341 e. The van der Waals surface area contributed by atoms with Gasteiger partial charge in [-0.3, -0.25) is 9.59 Å². The molecule has 0 saturated heterocycles. The first-order valence-corrected chi connectivity index (χ1v) is 8.00. The van der Waals surface area contributed by atoms with Crippen molar-refractivity contribution in [3.63, 3.8) is 0 Å². The van der Waals surface area contributed by atoms with Gasteiger partial charge in [-0.2, -0.15) is 5.10 Å². The second kappa shape index (κ2) is 7.81. The lowest BCUT2D eigenvalue weighted by Crippen LogP contribution is -2.36. The van der Waals surface area contributed by atoms with E-state index in [2.05, 4.69) is 10.4 Å². The third-order valence-corrected chi connectivity index (χ3v) is 4.04. The van der Waals surface area contributed by atoms with Crippen LogP contribution in [-0.2, 0) is 11.8 Å². The van der Waals surface area contributed by atoms with Crippen molar-refractivity contribution in [2.24, 2.45) is 7.05 Å². The molecule has 26 heavy (non-hydrogen) atoms. The fourth-order valence-electron chi connectivity index (χ4n) is 2.47. The molecule has 8 heteroatoms. The van der Waals surface area contributed by atoms with Crippen LogP contribution in [0.25, 0.3) is 0 Å². The summed E-state index contributed by atoms with van der Waals surface area (Å²) in [6, 6.07) is 6.35. The van der Waals surface area contributed by atoms with E-state index in [1.165, 1.54) is 7.05 Å². The molecule has 1 atom stereocenters. The molecule has 1 aromatic heterocycles. The van der Waals surface area contributed by atoms with Gasteiger partial charge in [0.1, 0.15) is 11.3 Å². The second-order valence-electron chi connectivity index (χ2n) is 5.96. The molecule has 2 rings (SSSR count). The molecule has 138 valence electrons. The highest BCUT2D eigenvalue weighted by Gasteiger charge is 2.20. The number of carbonyl (C=O) groups is 2. The van der Waals surface area contributed by atoms with Gasteiger partial charge in [0.2, 0.25) is 0 Å². The Morgan fingerprint density at radius 2 is 1.88 bits per heavy atom. The molecule has 0 bridgehead atoms. The van der Waals surface area contributed by atoms with Gasteiger partial charge in [-0.1, -0.05) is 12.1 Å². The fourth-order valence-corrected chi connectivity index (χ4v) is 2.47. The Hall–Kier alpha value is -3.16. The number of carboxylic acid groups (broad SMARTS) is 1. The molecule has 2 N–H and O–H groups in total. The third kappa shape index (κ3) is 4.27. The van der Waals surface area contributed by atoms with E-state index in [-0.39, 0.29) is 11.6 Å². The molecule has 0 radical (unpaired) electrons. The van der Waals surface area contributed by atoms with Crippen molar-refractivity contribution < 1.29 is 19.4 Å². The van der Waals surface area contributed by atoms with Crippen LogP contribution in [0.1, 0.15) is 40.1 Å². The van der Waals surface area contributed by atoms with Crippen LogP contribution >= 0.6 is 0 Å². The summed E-state index contributed by atoms with van der Waals surface area (Å²) in [5.41, 5.74) is 1.59. The molecule has 2 aromatic rings. The molecule has 0 aliphatic heterocycles. The summed E-state index contributed by atoms with van der Waals surface area (Å²) in [6.45, 7) is 4.80. The van der Waals surface area contributed by atoms with Gasteiger partial charge in [-0.15, -0.1) is 0 Å². The summed E-state index contributed by atoms with van der Waals surface area (Å²) in [6.07, 6.45) is 0. The van der Waals surface area contributed by atoms with Crippen LogP contribution in [-0.4, -0.2) is 33.4 Å². The molecule has 1 unspecified atom stereocenters. The van der Waals surface area contributed by atoms with Crippen molar-refractivity contribution in [2.75, 3.05) is 6.61 Å². The van der Waals surface area contributed by atoms with Crippen molar-refractivity contribution >= 4 is 11.9 Å². The number of nitrogens with zero attached hydrogens (tertiary/aromatic N) is 2. The summed E-state index contributed by atoms with van der Waals surface area (Å²) < 4.78 is 6.22. The minimum Gasteiger partial charge on any atom is -0.482 e. The van der Waals surface area contributed by atoms with E-state index in [9.17, 15) is 14.4 Å². The number of amides is 1. The molecule has 1 aromatic carbocycles. The Kier molecular flexibility index (Phi) is 5.76. The van der Waals surface area contributed by atoms with Crippen LogP contribution in [0.3, 0.4) is 0 Å². The normalized spacial score (nSPS) is 11.7. The topological polar surface area (TPSA) is 111 Å². The largest absolute Gasteiger partial charge is 0.482 e. The summed E-state index contributed by atoms with van der Waals surface area (Å²) in [5.74, 6) is -1.10. The first-order chi connectivity index (χ1) is 12.2. The number of rotatable bonds is 6. The number of ether oxygens (including phenoxy) is 1. The summed E-state index contributed by atoms with van der Waals surface area (Å²) in [4.78, 5) is 35.3. The molecule has 8 nitrogen and oxygen atoms in total. The van der Waals surface area contributed by atoms with Gasteiger partial charge in [0, 0.05) is 7.05 Å². The highest BCUT2D eigenvalue weighted by molar-refractivity contribution is 5.95. The minimum absolute atomic E-state index is 0.0771. The number of aliphatic carboxylic acids is 1. The van der Waals surface area contributed by atoms with Gasteiger partial charge in [0.05, 0.1) is 11.7 Å². The van der Waals surface area contributed by atoms with Crippen molar-refractivity contribution in [1.29, 1.82) is 0 Å². The van der Waals surface area contributed by atoms with E-state index < -0.39 is 24.0 Å². The molecule has 0 aliphatic carbocycles. The van der Waals surface area contributed by atoms with Gasteiger partial charge in [-0.05, 0) is 44.0 Å². The Bertz CT molecular complexity index is 887. The molecule has 0 saturated carbocycles. The highest BCUT2D eigenvalue weighted by atomic mass is 16.5. The lowest BCUT2D eigenvalue weighted by atomic mass is 10.1. The maximum Gasteiger partial charge on any atom is 0.341 e. The average Bonchev–Trinajstić information content (AvgIpc) is 2.58. The standard InChI is InChI=1S/C18H21N3O5/c1-10-11(2)20-21(4)18(25)16(10)17(24)19-12(3)13-5-7-14(8-6-13)26-9-15(22)23/h5-8,12H,9H2,1-4H3,(H,19,24)(H,22,23). The monoisotopic (exact) mass is 359 g/mol. The number of aryl methyl sites for hydroxylation is 2. The van der Waals surface area contributed by atoms with E-state index >= 15 is 0 Å². The van der Waals surface area contributed by atoms with E-state index in [0.717, 1.165) is 10.2 Å². The van der Waals surface area contributed by atoms with Crippen molar-refractivity contribution in [1.82, 2.24) is 15.1 Å². The zero-order chi connectivity index (χ0) is 19.4. The van der Waals surface area contributed by atoms with E-state index in [1.807, 2.05) is 0 Å². The van der Waals surface area contributed by atoms with Crippen LogP contribution in [0.5, 0.6) is 5.75 Å². The Balaban J connectivity index is 2.15. The number of hydrogen-bond acceptors (Lipinski definition) is 5. The number of carbonyl (C=O) groups excluding carboxylic acids is 1. The fraction of sp³-hybridized carbons (Fsp3) is 0.333. The molecule has 1 amide bonds. The first kappa shape index (κ1) is 19.2. The van der Waals surface area contributed by atoms with Crippen molar-refractivity contribution in [3.8, 4) is 5.75 Å². The number of carboxylic acids is 1.